The summed E-state index contributed by atoms with van der Waals surface area (Å²) in [4.78, 5) is 0.137. The number of hydrogen-bond acceptors (Lipinski definition) is 3. The van der Waals surface area contributed by atoms with Crippen molar-refractivity contribution >= 4 is 31.6 Å². The molecule has 5 nitrogen and oxygen atoms in total. The van der Waals surface area contributed by atoms with E-state index in [1.807, 2.05) is 19.1 Å². The van der Waals surface area contributed by atoms with E-state index in [4.69, 9.17) is 0 Å². The molecule has 0 bridgehead atoms. The Morgan fingerprint density at radius 3 is 2.67 bits per heavy atom. The van der Waals surface area contributed by atoms with Crippen LogP contribution in [0.4, 0.5) is 5.69 Å². The van der Waals surface area contributed by atoms with Crippen LogP contribution in [0.25, 0.3) is 0 Å². The Kier molecular flexibility index (Phi) is 3.45. The summed E-state index contributed by atoms with van der Waals surface area (Å²) in [5.41, 5.74) is 1.55. The first-order chi connectivity index (χ1) is 8.38. The monoisotopic (exact) mass is 329 g/mol. The van der Waals surface area contributed by atoms with Crippen molar-refractivity contribution in [2.45, 2.75) is 11.8 Å². The van der Waals surface area contributed by atoms with Crippen molar-refractivity contribution in [3.05, 3.63) is 40.6 Å². The zero-order valence-electron chi connectivity index (χ0n) is 9.88. The Balaban J connectivity index is 2.33. The molecule has 1 heterocycles. The van der Waals surface area contributed by atoms with Crippen LogP contribution in [0.15, 0.2) is 40.0 Å². The van der Waals surface area contributed by atoms with Gasteiger partial charge in [-0.2, -0.15) is 5.10 Å². The van der Waals surface area contributed by atoms with Crippen LogP contribution in [0.2, 0.25) is 0 Å². The lowest BCUT2D eigenvalue weighted by Crippen LogP contribution is -2.12. The van der Waals surface area contributed by atoms with E-state index in [2.05, 4.69) is 25.8 Å². The van der Waals surface area contributed by atoms with E-state index < -0.39 is 10.0 Å². The van der Waals surface area contributed by atoms with Crippen LogP contribution in [0.5, 0.6) is 0 Å². The van der Waals surface area contributed by atoms with Crippen LogP contribution >= 0.6 is 15.9 Å². The first-order valence-electron chi connectivity index (χ1n) is 5.16. The molecular weight excluding hydrogens is 318 g/mol. The number of halogens is 1. The van der Waals surface area contributed by atoms with E-state index in [0.717, 1.165) is 5.56 Å². The van der Waals surface area contributed by atoms with Crippen molar-refractivity contribution in [2.24, 2.45) is 7.05 Å². The van der Waals surface area contributed by atoms with Gasteiger partial charge in [0.1, 0.15) is 4.90 Å². The number of benzene rings is 1. The van der Waals surface area contributed by atoms with Crippen LogP contribution in [0, 0.1) is 6.92 Å². The van der Waals surface area contributed by atoms with Crippen LogP contribution in [-0.4, -0.2) is 18.2 Å². The molecule has 0 radical (unpaired) electrons. The van der Waals surface area contributed by atoms with Crippen LogP contribution < -0.4 is 4.72 Å². The maximum atomic E-state index is 12.1. The molecule has 96 valence electrons. The predicted molar refractivity (Wildman–Crippen MR) is 72.9 cm³/mol. The zero-order chi connectivity index (χ0) is 13.3. The summed E-state index contributed by atoms with van der Waals surface area (Å²) in [5, 5.41) is 3.85. The summed E-state index contributed by atoms with van der Waals surface area (Å²) in [7, 11) is -1.92. The van der Waals surface area contributed by atoms with E-state index in [0.29, 0.717) is 10.2 Å². The Hall–Kier alpha value is -1.34. The first-order valence-corrected chi connectivity index (χ1v) is 7.44. The second kappa shape index (κ2) is 4.74. The van der Waals surface area contributed by atoms with Gasteiger partial charge in [0.2, 0.25) is 0 Å². The van der Waals surface area contributed by atoms with E-state index in [9.17, 15) is 8.42 Å². The number of sulfonamides is 1. The minimum absolute atomic E-state index is 0.137. The Morgan fingerprint density at radius 1 is 1.39 bits per heavy atom. The highest BCUT2D eigenvalue weighted by atomic mass is 79.9. The van der Waals surface area contributed by atoms with Gasteiger partial charge in [0.15, 0.2) is 0 Å². The average Bonchev–Trinajstić information content (AvgIpc) is 2.70. The maximum Gasteiger partial charge on any atom is 0.265 e. The van der Waals surface area contributed by atoms with Gasteiger partial charge in [-0.1, -0.05) is 6.07 Å². The summed E-state index contributed by atoms with van der Waals surface area (Å²) in [6.07, 6.45) is 2.76. The predicted octanol–water partition coefficient (Wildman–Crippen LogP) is 2.29. The largest absolute Gasteiger partial charge is 0.278 e. The molecule has 0 fully saturated rings. The van der Waals surface area contributed by atoms with Gasteiger partial charge in [-0.3, -0.25) is 9.40 Å². The molecule has 18 heavy (non-hydrogen) atoms. The number of nitrogens with zero attached hydrogens (tertiary/aromatic N) is 2. The van der Waals surface area contributed by atoms with Gasteiger partial charge in [0.25, 0.3) is 10.0 Å². The number of aryl methyl sites for hydroxylation is 2. The molecule has 1 N–H and O–H groups in total. The summed E-state index contributed by atoms with van der Waals surface area (Å²) in [6, 6.07) is 5.40. The smallest absolute Gasteiger partial charge is 0.265 e. The molecule has 0 saturated heterocycles. The highest BCUT2D eigenvalue weighted by Gasteiger charge is 2.17. The molecule has 0 atom stereocenters. The Morgan fingerprint density at radius 2 is 2.11 bits per heavy atom. The molecule has 0 saturated carbocycles. The maximum absolute atomic E-state index is 12.1. The standard InChI is InChI=1S/C11H12BrN3O2S/c1-8-3-4-11(10(12)5-8)14-18(16,17)9-6-13-15(2)7-9/h3-7,14H,1-2H3. The molecule has 0 aliphatic carbocycles. The van der Waals surface area contributed by atoms with Crippen molar-refractivity contribution in [1.29, 1.82) is 0 Å². The number of hydrogen-bond donors (Lipinski definition) is 1. The van der Waals surface area contributed by atoms with Crippen LogP contribution in [0.3, 0.4) is 0 Å². The quantitative estimate of drug-likeness (QED) is 0.939. The van der Waals surface area contributed by atoms with Crippen molar-refractivity contribution < 1.29 is 8.42 Å². The summed E-state index contributed by atoms with van der Waals surface area (Å²) >= 11 is 3.33. The topological polar surface area (TPSA) is 64.0 Å². The fourth-order valence-electron chi connectivity index (χ4n) is 1.44. The molecule has 0 aliphatic heterocycles. The van der Waals surface area contributed by atoms with Gasteiger partial charge in [-0.15, -0.1) is 0 Å². The van der Waals surface area contributed by atoms with E-state index in [-0.39, 0.29) is 4.90 Å². The second-order valence-corrected chi connectivity index (χ2v) is 6.48. The van der Waals surface area contributed by atoms with Gasteiger partial charge in [0, 0.05) is 17.7 Å². The van der Waals surface area contributed by atoms with E-state index in [1.54, 1.807) is 13.1 Å². The summed E-state index contributed by atoms with van der Waals surface area (Å²) < 4.78 is 28.8. The van der Waals surface area contributed by atoms with E-state index in [1.165, 1.54) is 17.1 Å². The lowest BCUT2D eigenvalue weighted by Gasteiger charge is -2.08. The molecule has 1 aromatic carbocycles. The third-order valence-corrected chi connectivity index (χ3v) is 4.34. The lowest BCUT2D eigenvalue weighted by molar-refractivity contribution is 0.601. The zero-order valence-corrected chi connectivity index (χ0v) is 12.3. The van der Waals surface area contributed by atoms with Gasteiger partial charge in [-0.25, -0.2) is 8.42 Å². The molecule has 0 amide bonds. The highest BCUT2D eigenvalue weighted by molar-refractivity contribution is 9.10. The number of aromatic nitrogens is 2. The van der Waals surface area contributed by atoms with Gasteiger partial charge < -0.3 is 0 Å². The minimum atomic E-state index is -3.59. The SMILES string of the molecule is Cc1ccc(NS(=O)(=O)c2cnn(C)c2)c(Br)c1. The van der Waals surface area contributed by atoms with E-state index >= 15 is 0 Å². The van der Waals surface area contributed by atoms with Gasteiger partial charge >= 0.3 is 0 Å². The summed E-state index contributed by atoms with van der Waals surface area (Å²) in [6.45, 7) is 1.93. The average molecular weight is 330 g/mol. The van der Waals surface area contributed by atoms with Crippen LogP contribution in [-0.2, 0) is 17.1 Å². The highest BCUT2D eigenvalue weighted by Crippen LogP contribution is 2.25. The third-order valence-electron chi connectivity index (χ3n) is 2.36. The van der Waals surface area contributed by atoms with Crippen molar-refractivity contribution in [3.63, 3.8) is 0 Å². The number of nitrogens with one attached hydrogen (secondary N) is 1. The fourth-order valence-corrected chi connectivity index (χ4v) is 3.23. The molecule has 2 rings (SSSR count). The summed E-state index contributed by atoms with van der Waals surface area (Å²) in [5.74, 6) is 0. The van der Waals surface area contributed by atoms with Crippen molar-refractivity contribution in [2.75, 3.05) is 4.72 Å². The minimum Gasteiger partial charge on any atom is -0.278 e. The van der Waals surface area contributed by atoms with Crippen LogP contribution in [0.1, 0.15) is 5.56 Å². The molecule has 7 heteroatoms. The Bertz CT molecular complexity index is 679. The Labute approximate surface area is 114 Å². The van der Waals surface area contributed by atoms with Crippen molar-refractivity contribution in [1.82, 2.24) is 9.78 Å². The fraction of sp³-hybridized carbons (Fsp3) is 0.182. The number of rotatable bonds is 3. The molecular formula is C11H12BrN3O2S. The third kappa shape index (κ3) is 2.73. The molecule has 2 aromatic rings. The van der Waals surface area contributed by atoms with Gasteiger partial charge in [-0.05, 0) is 40.5 Å². The van der Waals surface area contributed by atoms with Gasteiger partial charge in [0.05, 0.1) is 11.9 Å². The van der Waals surface area contributed by atoms with Crippen molar-refractivity contribution in [3.8, 4) is 0 Å². The molecule has 0 aliphatic rings. The second-order valence-electron chi connectivity index (χ2n) is 3.94. The number of anilines is 1. The first kappa shape index (κ1) is 13.1. The molecule has 0 spiro atoms. The normalized spacial score (nSPS) is 11.5. The molecule has 1 aromatic heterocycles. The molecule has 0 unspecified atom stereocenters. The lowest BCUT2D eigenvalue weighted by atomic mass is 10.2.